The van der Waals surface area contributed by atoms with Gasteiger partial charge < -0.3 is 10.1 Å². The second kappa shape index (κ2) is 5.53. The fraction of sp³-hybridized carbons (Fsp3) is 0.0833. The lowest BCUT2D eigenvalue weighted by molar-refractivity contribution is 0.102. The van der Waals surface area contributed by atoms with Crippen LogP contribution in [0.1, 0.15) is 10.5 Å². The Morgan fingerprint density at radius 1 is 1.37 bits per heavy atom. The molecular weight excluding hydrogens is 270 g/mol. The van der Waals surface area contributed by atoms with E-state index in [9.17, 15) is 9.59 Å². The smallest absolute Gasteiger partial charge is 0.276 e. The molecule has 0 radical (unpaired) electrons. The summed E-state index contributed by atoms with van der Waals surface area (Å²) in [5.41, 5.74) is 0.248. The summed E-state index contributed by atoms with van der Waals surface area (Å²) in [6, 6.07) is 7.39. The lowest BCUT2D eigenvalue weighted by Gasteiger charge is -2.07. The van der Waals surface area contributed by atoms with Gasteiger partial charge in [0.05, 0.1) is 12.1 Å². The molecule has 0 fully saturated rings. The summed E-state index contributed by atoms with van der Waals surface area (Å²) in [5.74, 6) is 0.00881. The van der Waals surface area contributed by atoms with Gasteiger partial charge in [-0.2, -0.15) is 5.10 Å². The van der Waals surface area contributed by atoms with Crippen molar-refractivity contribution in [3.05, 3.63) is 51.4 Å². The van der Waals surface area contributed by atoms with Crippen molar-refractivity contribution in [2.75, 3.05) is 12.4 Å². The molecule has 1 aromatic heterocycles. The molecule has 1 amide bonds. The second-order valence-electron chi connectivity index (χ2n) is 3.61. The summed E-state index contributed by atoms with van der Waals surface area (Å²) in [6.45, 7) is 0. The van der Waals surface area contributed by atoms with Gasteiger partial charge in [-0.15, -0.1) is 0 Å². The van der Waals surface area contributed by atoms with Crippen molar-refractivity contribution < 1.29 is 9.53 Å². The molecule has 1 heterocycles. The Bertz CT molecular complexity index is 649. The molecule has 0 unspecified atom stereocenters. The van der Waals surface area contributed by atoms with Gasteiger partial charge in [-0.05, 0) is 18.2 Å². The number of rotatable bonds is 3. The lowest BCUT2D eigenvalue weighted by atomic mass is 10.3. The first-order chi connectivity index (χ1) is 9.10. The van der Waals surface area contributed by atoms with Gasteiger partial charge in [0.15, 0.2) is 0 Å². The third kappa shape index (κ3) is 3.11. The van der Waals surface area contributed by atoms with Gasteiger partial charge in [0, 0.05) is 17.8 Å². The maximum Gasteiger partial charge on any atom is 0.276 e. The Morgan fingerprint density at radius 2 is 2.16 bits per heavy atom. The summed E-state index contributed by atoms with van der Waals surface area (Å²) in [5, 5.41) is 8.88. The molecule has 2 aromatic rings. The van der Waals surface area contributed by atoms with Gasteiger partial charge in [0.1, 0.15) is 11.4 Å². The number of nitrogens with zero attached hydrogens (tertiary/aromatic N) is 1. The molecule has 2 rings (SSSR count). The van der Waals surface area contributed by atoms with E-state index in [-0.39, 0.29) is 11.3 Å². The molecule has 1 aromatic carbocycles. The molecule has 0 aliphatic heterocycles. The molecule has 0 spiro atoms. The second-order valence-corrected chi connectivity index (χ2v) is 4.02. The highest BCUT2D eigenvalue weighted by atomic mass is 35.5. The van der Waals surface area contributed by atoms with Crippen LogP contribution in [0.5, 0.6) is 5.75 Å². The number of hydrogen-bond acceptors (Lipinski definition) is 4. The van der Waals surface area contributed by atoms with Crippen LogP contribution in [0.2, 0.25) is 5.02 Å². The Balaban J connectivity index is 2.19. The minimum Gasteiger partial charge on any atom is -0.495 e. The highest BCUT2D eigenvalue weighted by molar-refractivity contribution is 6.32. The molecule has 0 bridgehead atoms. The number of ether oxygens (including phenoxy) is 1. The van der Waals surface area contributed by atoms with Crippen LogP contribution in [-0.2, 0) is 0 Å². The zero-order chi connectivity index (χ0) is 13.8. The van der Waals surface area contributed by atoms with Crippen molar-refractivity contribution in [3.63, 3.8) is 0 Å². The third-order valence-electron chi connectivity index (χ3n) is 2.32. The van der Waals surface area contributed by atoms with Crippen LogP contribution in [0.15, 0.2) is 35.1 Å². The van der Waals surface area contributed by atoms with Crippen molar-refractivity contribution in [2.24, 2.45) is 0 Å². The van der Waals surface area contributed by atoms with Crippen LogP contribution in [-0.4, -0.2) is 23.2 Å². The standard InChI is InChI=1S/C12H10ClN3O3/c1-19-10-6-7(2-3-8(10)13)14-12(18)9-4-5-11(17)16-15-9/h2-6H,1H3,(H,14,18)(H,16,17). The number of amides is 1. The van der Waals surface area contributed by atoms with Crippen LogP contribution < -0.4 is 15.6 Å². The van der Waals surface area contributed by atoms with Crippen molar-refractivity contribution in [1.82, 2.24) is 10.2 Å². The van der Waals surface area contributed by atoms with Crippen LogP contribution in [0, 0.1) is 0 Å². The van der Waals surface area contributed by atoms with Gasteiger partial charge >= 0.3 is 0 Å². The number of carbonyl (C=O) groups excluding carboxylic acids is 1. The first-order valence-electron chi connectivity index (χ1n) is 5.31. The average Bonchev–Trinajstić information content (AvgIpc) is 2.41. The number of benzene rings is 1. The van der Waals surface area contributed by atoms with Gasteiger partial charge in [-0.25, -0.2) is 5.10 Å². The number of anilines is 1. The monoisotopic (exact) mass is 279 g/mol. The quantitative estimate of drug-likeness (QED) is 0.895. The summed E-state index contributed by atoms with van der Waals surface area (Å²) in [7, 11) is 1.48. The highest BCUT2D eigenvalue weighted by Gasteiger charge is 2.09. The maximum absolute atomic E-state index is 11.8. The number of methoxy groups -OCH3 is 1. The number of carbonyl (C=O) groups is 1. The normalized spacial score (nSPS) is 10.0. The van der Waals surface area contributed by atoms with Gasteiger partial charge in [0.2, 0.25) is 0 Å². The zero-order valence-electron chi connectivity index (χ0n) is 9.94. The topological polar surface area (TPSA) is 84.1 Å². The van der Waals surface area contributed by atoms with E-state index < -0.39 is 5.91 Å². The predicted octanol–water partition coefficient (Wildman–Crippen LogP) is 1.68. The molecule has 19 heavy (non-hydrogen) atoms. The molecule has 0 aliphatic rings. The molecule has 0 saturated carbocycles. The first-order valence-corrected chi connectivity index (χ1v) is 5.68. The van der Waals surface area contributed by atoms with Gasteiger partial charge in [-0.3, -0.25) is 9.59 Å². The number of aromatic amines is 1. The van der Waals surface area contributed by atoms with E-state index in [4.69, 9.17) is 16.3 Å². The first kappa shape index (κ1) is 13.1. The largest absolute Gasteiger partial charge is 0.495 e. The Morgan fingerprint density at radius 3 is 2.79 bits per heavy atom. The van der Waals surface area contributed by atoms with E-state index in [1.54, 1.807) is 18.2 Å². The Hall–Kier alpha value is -2.34. The predicted molar refractivity (Wildman–Crippen MR) is 70.8 cm³/mol. The van der Waals surface area contributed by atoms with E-state index in [1.165, 1.54) is 19.2 Å². The van der Waals surface area contributed by atoms with E-state index in [1.807, 2.05) is 0 Å². The van der Waals surface area contributed by atoms with E-state index in [2.05, 4.69) is 15.5 Å². The third-order valence-corrected chi connectivity index (χ3v) is 2.63. The summed E-state index contributed by atoms with van der Waals surface area (Å²) >= 11 is 5.88. The number of nitrogens with one attached hydrogen (secondary N) is 2. The number of halogens is 1. The maximum atomic E-state index is 11.8. The van der Waals surface area contributed by atoms with Gasteiger partial charge in [0.25, 0.3) is 11.5 Å². The minimum atomic E-state index is -0.444. The number of hydrogen-bond donors (Lipinski definition) is 2. The molecule has 0 atom stereocenters. The van der Waals surface area contributed by atoms with Crippen molar-refractivity contribution in [2.45, 2.75) is 0 Å². The van der Waals surface area contributed by atoms with Crippen molar-refractivity contribution in [1.29, 1.82) is 0 Å². The SMILES string of the molecule is COc1cc(NC(=O)c2ccc(=O)[nH]n2)ccc1Cl. The average molecular weight is 280 g/mol. The molecule has 0 aliphatic carbocycles. The van der Waals surface area contributed by atoms with Crippen LogP contribution in [0.3, 0.4) is 0 Å². The van der Waals surface area contributed by atoms with E-state index in [0.29, 0.717) is 16.5 Å². The molecule has 98 valence electrons. The van der Waals surface area contributed by atoms with E-state index >= 15 is 0 Å². The fourth-order valence-electron chi connectivity index (χ4n) is 1.40. The molecule has 6 nitrogen and oxygen atoms in total. The Kier molecular flexibility index (Phi) is 3.82. The minimum absolute atomic E-state index is 0.105. The van der Waals surface area contributed by atoms with Crippen LogP contribution >= 0.6 is 11.6 Å². The Labute approximate surface area is 113 Å². The molecule has 7 heteroatoms. The summed E-state index contributed by atoms with van der Waals surface area (Å²) in [4.78, 5) is 22.7. The van der Waals surface area contributed by atoms with Crippen molar-refractivity contribution >= 4 is 23.2 Å². The van der Waals surface area contributed by atoms with Crippen LogP contribution in [0.4, 0.5) is 5.69 Å². The highest BCUT2D eigenvalue weighted by Crippen LogP contribution is 2.27. The van der Waals surface area contributed by atoms with Crippen LogP contribution in [0.25, 0.3) is 0 Å². The lowest BCUT2D eigenvalue weighted by Crippen LogP contribution is -2.17. The number of H-pyrrole nitrogens is 1. The summed E-state index contributed by atoms with van der Waals surface area (Å²) in [6.07, 6.45) is 0. The fourth-order valence-corrected chi connectivity index (χ4v) is 1.60. The zero-order valence-corrected chi connectivity index (χ0v) is 10.7. The molecular formula is C12H10ClN3O3. The van der Waals surface area contributed by atoms with E-state index in [0.717, 1.165) is 0 Å². The number of aromatic nitrogens is 2. The van der Waals surface area contributed by atoms with Gasteiger partial charge in [-0.1, -0.05) is 11.6 Å². The molecule has 0 saturated heterocycles. The van der Waals surface area contributed by atoms with Crippen molar-refractivity contribution in [3.8, 4) is 5.75 Å². The summed E-state index contributed by atoms with van der Waals surface area (Å²) < 4.78 is 5.04. The molecule has 2 N–H and O–H groups in total.